The number of nitrogens with zero attached hydrogens (tertiary/aromatic N) is 7. The minimum Gasteiger partial charge on any atom is -0.457 e. The highest BCUT2D eigenvalue weighted by Crippen LogP contribution is 2.65. The normalized spacial score (nSPS) is 12.9. The molecule has 2 aliphatic carbocycles. The van der Waals surface area contributed by atoms with Crippen LogP contribution in [-0.4, -0.2) is 19.9 Å². The van der Waals surface area contributed by atoms with Crippen LogP contribution in [0.25, 0.3) is 135 Å². The van der Waals surface area contributed by atoms with Gasteiger partial charge in [0, 0.05) is 55.6 Å². The Bertz CT molecular complexity index is 6770. The molecule has 0 bridgehead atoms. The number of hydrogen-bond donors (Lipinski definition) is 0. The first-order valence-electron chi connectivity index (χ1n) is 37.3. The number of ether oxygens (including phenoxy) is 2. The summed E-state index contributed by atoms with van der Waals surface area (Å²) in [4.78, 5) is 21.6. The van der Waals surface area contributed by atoms with E-state index >= 15 is 0 Å². The van der Waals surface area contributed by atoms with Crippen LogP contribution in [0.3, 0.4) is 0 Å². The van der Waals surface area contributed by atoms with Crippen LogP contribution in [0.1, 0.15) is 61.2 Å². The third-order valence-corrected chi connectivity index (χ3v) is 22.8. The number of para-hydroxylation sites is 4. The van der Waals surface area contributed by atoms with Gasteiger partial charge in [0.2, 0.25) is 0 Å². The first-order valence-corrected chi connectivity index (χ1v) is 37.3. The van der Waals surface area contributed by atoms with E-state index in [4.69, 9.17) is 29.4 Å². The maximum Gasteiger partial charge on any atom is 0.160 e. The van der Waals surface area contributed by atoms with Crippen molar-refractivity contribution in [3.8, 4) is 176 Å². The van der Waals surface area contributed by atoms with Crippen molar-refractivity contribution in [1.82, 2.24) is 19.9 Å². The molecule has 0 amide bonds. The average molecular weight is 1430 g/mol. The molecule has 0 saturated heterocycles. The summed E-state index contributed by atoms with van der Waals surface area (Å²) in [5.41, 5.74) is 30.1. The number of aromatic nitrogens is 4. The van der Waals surface area contributed by atoms with E-state index in [1.165, 1.54) is 0 Å². The predicted octanol–water partition coefficient (Wildman–Crippen LogP) is 24.5. The molecular formula is C103H59N7O2. The summed E-state index contributed by atoms with van der Waals surface area (Å²) < 4.78 is 13.6. The topological polar surface area (TPSA) is 141 Å². The second kappa shape index (κ2) is 25.9. The maximum absolute atomic E-state index is 9.79. The number of rotatable bonds is 10. The summed E-state index contributed by atoms with van der Waals surface area (Å²) in [7, 11) is 0. The predicted molar refractivity (Wildman–Crippen MR) is 441 cm³/mol. The number of benzene rings is 15. The Morgan fingerprint density at radius 3 is 0.848 bits per heavy atom. The van der Waals surface area contributed by atoms with Crippen molar-refractivity contribution in [1.29, 1.82) is 15.8 Å². The van der Waals surface area contributed by atoms with Crippen molar-refractivity contribution >= 4 is 0 Å². The van der Waals surface area contributed by atoms with Crippen LogP contribution in [-0.2, 0) is 10.8 Å². The first-order chi connectivity index (χ1) is 55.3. The van der Waals surface area contributed by atoms with Gasteiger partial charge in [-0.15, -0.1) is 0 Å². The molecule has 0 unspecified atom stereocenters. The van der Waals surface area contributed by atoms with Crippen LogP contribution in [0.15, 0.2) is 358 Å². The largest absolute Gasteiger partial charge is 0.457 e. The van der Waals surface area contributed by atoms with Crippen molar-refractivity contribution in [2.75, 3.05) is 0 Å². The van der Waals surface area contributed by atoms with Crippen molar-refractivity contribution in [2.24, 2.45) is 0 Å². The van der Waals surface area contributed by atoms with E-state index in [9.17, 15) is 15.8 Å². The van der Waals surface area contributed by atoms with Gasteiger partial charge in [0.15, 0.2) is 11.6 Å². The molecule has 0 saturated carbocycles. The van der Waals surface area contributed by atoms with Gasteiger partial charge in [0.25, 0.3) is 0 Å². The lowest BCUT2D eigenvalue weighted by Gasteiger charge is -2.39. The molecule has 2 aromatic heterocycles. The molecule has 2 spiro atoms. The van der Waals surface area contributed by atoms with Gasteiger partial charge >= 0.3 is 0 Å². The monoisotopic (exact) mass is 1430 g/mol. The van der Waals surface area contributed by atoms with Gasteiger partial charge in [-0.05, 0) is 180 Å². The molecule has 518 valence electrons. The van der Waals surface area contributed by atoms with Crippen molar-refractivity contribution in [2.45, 2.75) is 10.8 Å². The molecule has 17 aromatic rings. The quantitative estimate of drug-likeness (QED) is 0.131. The summed E-state index contributed by atoms with van der Waals surface area (Å²) in [6, 6.07) is 131. The van der Waals surface area contributed by atoms with Gasteiger partial charge in [-0.2, -0.15) is 15.8 Å². The Kier molecular flexibility index (Phi) is 15.0. The molecule has 2 aliphatic heterocycles. The fourth-order valence-corrected chi connectivity index (χ4v) is 17.6. The Labute approximate surface area is 646 Å². The standard InChI is InChI=1S/C103H59N7O2/c104-60-63-27-29-68(30-28-63)75-43-47-80-82-49-45-77(56-90(82)102(88(80)54-75)84-19-7-11-23-96(84)111-97-24-12-8-20-85(97)102)94-58-92(71-15-3-1-4-16-71)107-101(110-94)74-41-37-67(38-42-74)66-35-39-72(40-36-66)93-59-95(109-100(108-93)73-17-5-2-6-18-73)78-46-50-83-81-48-44-76(69-31-33-70(34-32-69)79-52-64(61-105)51-65(53-79)62-106)55-89(81)103(91(83)57-78)86-21-9-13-25-98(86)112-99-26-14-10-22-87(99)103/h1-59H. The lowest BCUT2D eigenvalue weighted by molar-refractivity contribution is 0.436. The van der Waals surface area contributed by atoms with E-state index in [-0.39, 0.29) is 0 Å². The van der Waals surface area contributed by atoms with Gasteiger partial charge in [-0.1, -0.05) is 267 Å². The van der Waals surface area contributed by atoms with Crippen molar-refractivity contribution in [3.05, 3.63) is 419 Å². The molecule has 0 N–H and O–H groups in total. The maximum atomic E-state index is 9.79. The molecule has 9 nitrogen and oxygen atoms in total. The molecule has 4 aliphatic rings. The Morgan fingerprint density at radius 1 is 0.196 bits per heavy atom. The Balaban J connectivity index is 0.632. The lowest BCUT2D eigenvalue weighted by Crippen LogP contribution is -2.32. The van der Waals surface area contributed by atoms with Crippen molar-refractivity contribution in [3.63, 3.8) is 0 Å². The highest BCUT2D eigenvalue weighted by atomic mass is 16.5. The molecule has 0 radical (unpaired) electrons. The van der Waals surface area contributed by atoms with Crippen LogP contribution in [0.2, 0.25) is 0 Å². The summed E-state index contributed by atoms with van der Waals surface area (Å²) in [5, 5.41) is 29.3. The van der Waals surface area contributed by atoms with E-state index in [0.717, 1.165) is 190 Å². The Morgan fingerprint density at radius 2 is 0.464 bits per heavy atom. The molecule has 0 atom stereocenters. The van der Waals surface area contributed by atoms with Gasteiger partial charge in [-0.3, -0.25) is 0 Å². The lowest BCUT2D eigenvalue weighted by atomic mass is 9.65. The van der Waals surface area contributed by atoms with Gasteiger partial charge in [-0.25, -0.2) is 19.9 Å². The molecule has 9 heteroatoms. The smallest absolute Gasteiger partial charge is 0.160 e. The molecule has 21 rings (SSSR count). The van der Waals surface area contributed by atoms with Crippen LogP contribution in [0.4, 0.5) is 0 Å². The summed E-state index contributed by atoms with van der Waals surface area (Å²) in [6.07, 6.45) is 0. The summed E-state index contributed by atoms with van der Waals surface area (Å²) >= 11 is 0. The third kappa shape index (κ3) is 10.4. The zero-order valence-electron chi connectivity index (χ0n) is 60.0. The third-order valence-electron chi connectivity index (χ3n) is 22.8. The molecule has 112 heavy (non-hydrogen) atoms. The van der Waals surface area contributed by atoms with Gasteiger partial charge in [0.1, 0.15) is 23.0 Å². The molecule has 4 heterocycles. The van der Waals surface area contributed by atoms with Gasteiger partial charge in [0.05, 0.1) is 68.5 Å². The fourth-order valence-electron chi connectivity index (χ4n) is 17.6. The highest BCUT2D eigenvalue weighted by molar-refractivity contribution is 5.95. The average Bonchev–Trinajstić information content (AvgIpc) is 1.50. The zero-order valence-corrected chi connectivity index (χ0v) is 60.0. The van der Waals surface area contributed by atoms with E-state index in [2.05, 4.69) is 273 Å². The van der Waals surface area contributed by atoms with E-state index in [1.807, 2.05) is 97.1 Å². The van der Waals surface area contributed by atoms with Crippen LogP contribution in [0, 0.1) is 34.0 Å². The Hall–Kier alpha value is -15.5. The van der Waals surface area contributed by atoms with Gasteiger partial charge < -0.3 is 9.47 Å². The van der Waals surface area contributed by atoms with E-state index < -0.39 is 10.8 Å². The zero-order chi connectivity index (χ0) is 74.6. The summed E-state index contributed by atoms with van der Waals surface area (Å²) in [6.45, 7) is 0. The van der Waals surface area contributed by atoms with Crippen LogP contribution < -0.4 is 9.47 Å². The second-order valence-electron chi connectivity index (χ2n) is 28.8. The second-order valence-corrected chi connectivity index (χ2v) is 28.8. The van der Waals surface area contributed by atoms with Crippen LogP contribution in [0.5, 0.6) is 23.0 Å². The number of hydrogen-bond acceptors (Lipinski definition) is 9. The molecular weight excluding hydrogens is 1370 g/mol. The first kappa shape index (κ1) is 64.9. The number of fused-ring (bicyclic) bond motifs is 18. The van der Waals surface area contributed by atoms with Crippen LogP contribution >= 0.6 is 0 Å². The van der Waals surface area contributed by atoms with E-state index in [1.54, 1.807) is 6.07 Å². The fraction of sp³-hybridized carbons (Fsp3) is 0.0194. The number of nitriles is 3. The van der Waals surface area contributed by atoms with Crippen molar-refractivity contribution < 1.29 is 9.47 Å². The minimum absolute atomic E-state index is 0.446. The molecule has 0 fully saturated rings. The van der Waals surface area contributed by atoms with E-state index in [0.29, 0.717) is 28.3 Å². The highest BCUT2D eigenvalue weighted by Gasteiger charge is 2.53. The summed E-state index contributed by atoms with van der Waals surface area (Å²) in [5.74, 6) is 4.43. The minimum atomic E-state index is -0.792. The SMILES string of the molecule is N#Cc1ccc(-c2ccc3c(c2)C2(c4ccccc4Oc4ccccc42)c2cc(-c4cc(-c5ccccc5)nc(-c5ccc(-c6ccc(-c7cc(-c8ccc9c(c8)C8(c%10ccccc%10Oc%10ccccc%108)c8cc(-c%10ccc(-c%11cc(C#N)cc(C#N)c%11)cc%10)ccc8-9)nc(-c8ccccc8)n7)cc6)cc5)n4)ccc2-3)cc1. The molecule has 15 aromatic carbocycles.